The van der Waals surface area contributed by atoms with Gasteiger partial charge in [-0.15, -0.1) is 0 Å². The highest BCUT2D eigenvalue weighted by Crippen LogP contribution is 2.20. The number of likely N-dealkylation sites (N-methyl/N-ethyl adjacent to an activating group) is 1. The molecule has 2 unspecified atom stereocenters. The van der Waals surface area contributed by atoms with Gasteiger partial charge in [-0.25, -0.2) is 0 Å². The van der Waals surface area contributed by atoms with Crippen molar-refractivity contribution in [2.75, 3.05) is 20.1 Å². The van der Waals surface area contributed by atoms with E-state index < -0.39 is 0 Å². The Morgan fingerprint density at radius 2 is 1.85 bits per heavy atom. The summed E-state index contributed by atoms with van der Waals surface area (Å²) in [6.45, 7) is 3.75. The first kappa shape index (κ1) is 19.1. The van der Waals surface area contributed by atoms with Crippen LogP contribution in [0.25, 0.3) is 0 Å². The quantitative estimate of drug-likeness (QED) is 0.827. The maximum atomic E-state index is 12.8. The van der Waals surface area contributed by atoms with Gasteiger partial charge in [0, 0.05) is 25.2 Å². The molecule has 0 saturated carbocycles. The first-order chi connectivity index (χ1) is 13.0. The van der Waals surface area contributed by atoms with Gasteiger partial charge in [0.1, 0.15) is 0 Å². The number of aryl methyl sites for hydroxylation is 1. The number of rotatable bonds is 6. The zero-order valence-corrected chi connectivity index (χ0v) is 15.9. The van der Waals surface area contributed by atoms with Gasteiger partial charge >= 0.3 is 0 Å². The SMILES string of the molecule is Cc1ccc(C(=O)NC(CC(=O)N(C)C2CCNC2)c2ccccc2)cc1. The lowest BCUT2D eigenvalue weighted by atomic mass is 10.0. The lowest BCUT2D eigenvalue weighted by Crippen LogP contribution is -2.41. The number of carbonyl (C=O) groups excluding carboxylic acids is 2. The van der Waals surface area contributed by atoms with Crippen molar-refractivity contribution in [3.05, 3.63) is 71.3 Å². The van der Waals surface area contributed by atoms with Crippen molar-refractivity contribution in [3.63, 3.8) is 0 Å². The maximum absolute atomic E-state index is 12.8. The first-order valence-electron chi connectivity index (χ1n) is 9.43. The van der Waals surface area contributed by atoms with Crippen LogP contribution in [0.2, 0.25) is 0 Å². The highest BCUT2D eigenvalue weighted by molar-refractivity contribution is 5.94. The summed E-state index contributed by atoms with van der Waals surface area (Å²) >= 11 is 0. The number of benzene rings is 2. The van der Waals surface area contributed by atoms with E-state index in [1.54, 1.807) is 0 Å². The molecule has 5 nitrogen and oxygen atoms in total. The lowest BCUT2D eigenvalue weighted by molar-refractivity contribution is -0.132. The summed E-state index contributed by atoms with van der Waals surface area (Å²) in [5.41, 5.74) is 2.64. The van der Waals surface area contributed by atoms with E-state index in [9.17, 15) is 9.59 Å². The summed E-state index contributed by atoms with van der Waals surface area (Å²) in [6.07, 6.45) is 1.21. The van der Waals surface area contributed by atoms with Gasteiger partial charge in [0.05, 0.1) is 12.5 Å². The normalized spacial score (nSPS) is 17.3. The average Bonchev–Trinajstić information content (AvgIpc) is 3.22. The molecular weight excluding hydrogens is 338 g/mol. The van der Waals surface area contributed by atoms with E-state index in [0.717, 1.165) is 30.6 Å². The van der Waals surface area contributed by atoms with Crippen LogP contribution < -0.4 is 10.6 Å². The molecule has 0 aromatic heterocycles. The standard InChI is InChI=1S/C22H27N3O2/c1-16-8-10-18(11-9-16)22(27)24-20(17-6-4-3-5-7-17)14-21(26)25(2)19-12-13-23-15-19/h3-11,19-20,23H,12-15H2,1-2H3,(H,24,27). The number of nitrogens with zero attached hydrogens (tertiary/aromatic N) is 1. The number of hydrogen-bond donors (Lipinski definition) is 2. The number of nitrogens with one attached hydrogen (secondary N) is 2. The largest absolute Gasteiger partial charge is 0.345 e. The Bertz CT molecular complexity index is 768. The van der Waals surface area contributed by atoms with Gasteiger partial charge in [-0.1, -0.05) is 48.0 Å². The van der Waals surface area contributed by atoms with Crippen LogP contribution in [0.3, 0.4) is 0 Å². The molecule has 5 heteroatoms. The van der Waals surface area contributed by atoms with E-state index in [4.69, 9.17) is 0 Å². The Morgan fingerprint density at radius 3 is 2.48 bits per heavy atom. The molecule has 27 heavy (non-hydrogen) atoms. The number of carbonyl (C=O) groups is 2. The highest BCUT2D eigenvalue weighted by Gasteiger charge is 2.26. The van der Waals surface area contributed by atoms with Gasteiger partial charge in [0.15, 0.2) is 0 Å². The van der Waals surface area contributed by atoms with Gasteiger partial charge in [-0.2, -0.15) is 0 Å². The van der Waals surface area contributed by atoms with E-state index >= 15 is 0 Å². The van der Waals surface area contributed by atoms with Crippen molar-refractivity contribution in [1.29, 1.82) is 0 Å². The summed E-state index contributed by atoms with van der Waals surface area (Å²) in [4.78, 5) is 27.3. The van der Waals surface area contributed by atoms with Crippen molar-refractivity contribution in [1.82, 2.24) is 15.5 Å². The van der Waals surface area contributed by atoms with E-state index in [1.807, 2.05) is 73.5 Å². The first-order valence-corrected chi connectivity index (χ1v) is 9.43. The molecule has 2 atom stereocenters. The van der Waals surface area contributed by atoms with Crippen LogP contribution in [-0.2, 0) is 4.79 Å². The number of amides is 2. The minimum Gasteiger partial charge on any atom is -0.345 e. The molecule has 0 spiro atoms. The average molecular weight is 365 g/mol. The summed E-state index contributed by atoms with van der Waals surface area (Å²) in [6, 6.07) is 17.0. The smallest absolute Gasteiger partial charge is 0.251 e. The molecule has 2 aromatic carbocycles. The third-order valence-corrected chi connectivity index (χ3v) is 5.18. The summed E-state index contributed by atoms with van der Waals surface area (Å²) in [5.74, 6) is -0.122. The molecule has 0 aliphatic carbocycles. The second kappa shape index (κ2) is 8.82. The zero-order chi connectivity index (χ0) is 19.2. The fourth-order valence-electron chi connectivity index (χ4n) is 3.38. The van der Waals surface area contributed by atoms with Crippen molar-refractivity contribution < 1.29 is 9.59 Å². The lowest BCUT2D eigenvalue weighted by Gasteiger charge is -2.27. The van der Waals surface area contributed by atoms with Crippen molar-refractivity contribution in [3.8, 4) is 0 Å². The molecule has 1 fully saturated rings. The van der Waals surface area contributed by atoms with Crippen molar-refractivity contribution >= 4 is 11.8 Å². The van der Waals surface area contributed by atoms with Gasteiger partial charge in [-0.3, -0.25) is 9.59 Å². The van der Waals surface area contributed by atoms with Crippen LogP contribution in [0.4, 0.5) is 0 Å². The van der Waals surface area contributed by atoms with Crippen LogP contribution in [0.5, 0.6) is 0 Å². The maximum Gasteiger partial charge on any atom is 0.251 e. The van der Waals surface area contributed by atoms with Crippen LogP contribution in [0.1, 0.15) is 40.4 Å². The summed E-state index contributed by atoms with van der Waals surface area (Å²) in [7, 11) is 1.85. The van der Waals surface area contributed by atoms with Gasteiger partial charge in [0.2, 0.25) is 5.91 Å². The molecular formula is C22H27N3O2. The second-order valence-electron chi connectivity index (χ2n) is 7.16. The minimum absolute atomic E-state index is 0.0433. The Hall–Kier alpha value is -2.66. The molecule has 2 amide bonds. The Kier molecular flexibility index (Phi) is 6.24. The molecule has 1 heterocycles. The molecule has 1 aliphatic rings. The molecule has 0 radical (unpaired) electrons. The molecule has 2 aromatic rings. The molecule has 1 aliphatic heterocycles. The van der Waals surface area contributed by atoms with E-state index in [2.05, 4.69) is 10.6 Å². The van der Waals surface area contributed by atoms with E-state index in [-0.39, 0.29) is 30.3 Å². The molecule has 3 rings (SSSR count). The predicted octanol–water partition coefficient (Wildman–Crippen LogP) is 2.68. The second-order valence-corrected chi connectivity index (χ2v) is 7.16. The Labute approximate surface area is 160 Å². The number of hydrogen-bond acceptors (Lipinski definition) is 3. The molecule has 142 valence electrons. The van der Waals surface area contributed by atoms with Crippen molar-refractivity contribution in [2.24, 2.45) is 0 Å². The Balaban J connectivity index is 1.74. The van der Waals surface area contributed by atoms with Gasteiger partial charge in [0.25, 0.3) is 5.91 Å². The summed E-state index contributed by atoms with van der Waals surface area (Å²) in [5, 5.41) is 6.33. The minimum atomic E-state index is -0.357. The third kappa shape index (κ3) is 4.95. The van der Waals surface area contributed by atoms with Gasteiger partial charge in [-0.05, 0) is 37.6 Å². The summed E-state index contributed by atoms with van der Waals surface area (Å²) < 4.78 is 0. The monoisotopic (exact) mass is 365 g/mol. The fourth-order valence-corrected chi connectivity index (χ4v) is 3.38. The van der Waals surface area contributed by atoms with Crippen molar-refractivity contribution in [2.45, 2.75) is 31.8 Å². The van der Waals surface area contributed by atoms with Crippen LogP contribution in [0, 0.1) is 6.92 Å². The molecule has 1 saturated heterocycles. The van der Waals surface area contributed by atoms with E-state index in [0.29, 0.717) is 5.56 Å². The predicted molar refractivity (Wildman–Crippen MR) is 106 cm³/mol. The third-order valence-electron chi connectivity index (χ3n) is 5.18. The highest BCUT2D eigenvalue weighted by atomic mass is 16.2. The topological polar surface area (TPSA) is 61.4 Å². The molecule has 0 bridgehead atoms. The van der Waals surface area contributed by atoms with Crippen LogP contribution >= 0.6 is 0 Å². The zero-order valence-electron chi connectivity index (χ0n) is 15.9. The van der Waals surface area contributed by atoms with Gasteiger partial charge < -0.3 is 15.5 Å². The molecule has 2 N–H and O–H groups in total. The van der Waals surface area contributed by atoms with Crippen LogP contribution in [-0.4, -0.2) is 42.9 Å². The Morgan fingerprint density at radius 1 is 1.15 bits per heavy atom. The fraction of sp³-hybridized carbons (Fsp3) is 0.364. The van der Waals surface area contributed by atoms with E-state index in [1.165, 1.54) is 0 Å². The van der Waals surface area contributed by atoms with Crippen LogP contribution in [0.15, 0.2) is 54.6 Å².